The van der Waals surface area contributed by atoms with E-state index in [1.54, 1.807) is 19.1 Å². The van der Waals surface area contributed by atoms with Crippen LogP contribution in [0.3, 0.4) is 0 Å². The topological polar surface area (TPSA) is 128 Å². The summed E-state index contributed by atoms with van der Waals surface area (Å²) in [5.74, 6) is 0.0855. The zero-order valence-corrected chi connectivity index (χ0v) is 23.0. The first kappa shape index (κ1) is 27.1. The molecule has 2 N–H and O–H groups in total. The van der Waals surface area contributed by atoms with Gasteiger partial charge in [-0.15, -0.1) is 5.10 Å². The number of nitrogens with zero attached hydrogens (tertiary/aromatic N) is 7. The third-order valence-corrected chi connectivity index (χ3v) is 9.23. The molecule has 1 aromatic carbocycles. The number of nitrogens with one attached hydrogen (secondary N) is 2. The average molecular weight is 588 g/mol. The molecule has 0 radical (unpaired) electrons. The lowest BCUT2D eigenvalue weighted by atomic mass is 9.44. The molecule has 0 spiro atoms. The largest absolute Gasteiger partial charge is 0.413 e. The van der Waals surface area contributed by atoms with E-state index in [4.69, 9.17) is 0 Å². The van der Waals surface area contributed by atoms with Gasteiger partial charge in [-0.05, 0) is 68.6 Å². The van der Waals surface area contributed by atoms with Crippen molar-refractivity contribution in [1.29, 1.82) is 10.5 Å². The van der Waals surface area contributed by atoms with Crippen LogP contribution in [0.4, 0.5) is 28.9 Å². The van der Waals surface area contributed by atoms with E-state index in [0.29, 0.717) is 45.6 Å². The van der Waals surface area contributed by atoms with Crippen LogP contribution in [0.5, 0.6) is 0 Å². The highest BCUT2D eigenvalue weighted by Gasteiger charge is 2.66. The fourth-order valence-electron chi connectivity index (χ4n) is 6.60. The Kier molecular flexibility index (Phi) is 5.90. The van der Waals surface area contributed by atoms with Crippen LogP contribution in [-0.4, -0.2) is 37.7 Å². The van der Waals surface area contributed by atoms with Crippen LogP contribution in [0.2, 0.25) is 0 Å². The number of rotatable bonds is 8. The van der Waals surface area contributed by atoms with E-state index < -0.39 is 23.7 Å². The number of aryl methyl sites for hydroxylation is 1. The van der Waals surface area contributed by atoms with Crippen LogP contribution in [0, 0.1) is 46.9 Å². The summed E-state index contributed by atoms with van der Waals surface area (Å²) in [5.41, 5.74) is 1.05. The van der Waals surface area contributed by atoms with E-state index in [1.807, 2.05) is 0 Å². The summed E-state index contributed by atoms with van der Waals surface area (Å²) in [6.45, 7) is 2.29. The minimum Gasteiger partial charge on any atom is -0.383 e. The molecule has 4 aromatic rings. The Hall–Kier alpha value is -4.78. The third-order valence-electron chi connectivity index (χ3n) is 9.23. The van der Waals surface area contributed by atoms with Gasteiger partial charge in [0.05, 0.1) is 34.6 Å². The van der Waals surface area contributed by atoms with Crippen molar-refractivity contribution in [3.8, 4) is 12.1 Å². The Morgan fingerprint density at radius 3 is 2.47 bits per heavy atom. The van der Waals surface area contributed by atoms with Gasteiger partial charge in [-0.2, -0.15) is 28.1 Å². The Morgan fingerprint density at radius 2 is 1.86 bits per heavy atom. The Morgan fingerprint density at radius 1 is 1.12 bits per heavy atom. The maximum Gasteiger partial charge on any atom is 0.413 e. The predicted octanol–water partition coefficient (Wildman–Crippen LogP) is 5.88. The molecule has 0 amide bonds. The van der Waals surface area contributed by atoms with Crippen molar-refractivity contribution in [1.82, 2.24) is 25.0 Å². The monoisotopic (exact) mass is 587 g/mol. The predicted molar refractivity (Wildman–Crippen MR) is 147 cm³/mol. The molecule has 3 aromatic heterocycles. The first-order chi connectivity index (χ1) is 20.5. The number of halogens is 4. The summed E-state index contributed by atoms with van der Waals surface area (Å²) in [6, 6.07) is 9.44. The molecule has 43 heavy (non-hydrogen) atoms. The molecule has 1 atom stereocenters. The molecule has 4 aliphatic carbocycles. The maximum absolute atomic E-state index is 14.0. The summed E-state index contributed by atoms with van der Waals surface area (Å²) in [6.07, 6.45) is 1.47. The highest BCUT2D eigenvalue weighted by atomic mass is 19.4. The highest BCUT2D eigenvalue weighted by molar-refractivity contribution is 5.99. The Labute approximate surface area is 243 Å². The summed E-state index contributed by atoms with van der Waals surface area (Å²) < 4.78 is 56.3. The molecule has 13 heteroatoms. The van der Waals surface area contributed by atoms with Crippen molar-refractivity contribution in [2.75, 3.05) is 17.2 Å². The van der Waals surface area contributed by atoms with Crippen LogP contribution in [-0.2, 0) is 5.54 Å². The molecule has 8 rings (SSSR count). The van der Waals surface area contributed by atoms with Crippen LogP contribution in [0.1, 0.15) is 66.2 Å². The number of hydrogen-bond donors (Lipinski definition) is 2. The van der Waals surface area contributed by atoms with E-state index >= 15 is 0 Å². The quantitative estimate of drug-likeness (QED) is 0.193. The van der Waals surface area contributed by atoms with Gasteiger partial charge in [0.1, 0.15) is 17.8 Å². The molecule has 4 fully saturated rings. The van der Waals surface area contributed by atoms with Gasteiger partial charge in [0, 0.05) is 35.1 Å². The summed E-state index contributed by atoms with van der Waals surface area (Å²) in [5, 5.41) is 35.1. The molecule has 218 valence electrons. The number of aromatic nitrogens is 5. The third kappa shape index (κ3) is 4.33. The van der Waals surface area contributed by atoms with E-state index in [2.05, 4.69) is 43.1 Å². The SMILES string of the molecule is Cc1nc(F)ccc1[C@H](Nc1cc(C#N)c2ncc(C#N)c(NCC34CC(C3)C4)c2c1)c1cn(C2(C(F)(F)F)CC2)nn1. The lowest BCUT2D eigenvalue weighted by Crippen LogP contribution is -2.55. The van der Waals surface area contributed by atoms with Gasteiger partial charge in [0.25, 0.3) is 0 Å². The van der Waals surface area contributed by atoms with Crippen molar-refractivity contribution < 1.29 is 17.6 Å². The van der Waals surface area contributed by atoms with Gasteiger partial charge in [-0.3, -0.25) is 4.98 Å². The first-order valence-electron chi connectivity index (χ1n) is 13.9. The summed E-state index contributed by atoms with van der Waals surface area (Å²) in [7, 11) is 0. The molecule has 4 saturated carbocycles. The van der Waals surface area contributed by atoms with Gasteiger partial charge in [-0.1, -0.05) is 11.3 Å². The minimum absolute atomic E-state index is 0.101. The number of alkyl halides is 3. The molecule has 2 bridgehead atoms. The maximum atomic E-state index is 14.0. The molecule has 0 aliphatic heterocycles. The lowest BCUT2D eigenvalue weighted by Gasteiger charge is -2.62. The normalized spacial score (nSPS) is 22.1. The fraction of sp³-hybridized carbons (Fsp3) is 0.400. The molecular weight excluding hydrogens is 562 g/mol. The van der Waals surface area contributed by atoms with E-state index in [-0.39, 0.29) is 29.5 Å². The smallest absolute Gasteiger partial charge is 0.383 e. The second-order valence-corrected chi connectivity index (χ2v) is 12.0. The number of anilines is 2. The molecule has 4 aliphatic rings. The molecule has 0 unspecified atom stereocenters. The van der Waals surface area contributed by atoms with Crippen molar-refractivity contribution in [2.24, 2.45) is 11.3 Å². The number of hydrogen-bond acceptors (Lipinski definition) is 8. The standard InChI is InChI=1S/C30H25F4N9/c1-16-21(2-3-24(31)39-16)27(23-14-43(42-41-23)29(4-5-29)30(32,33)34)40-20-6-18(11-35)25-22(7-20)26(19(12-36)13-37-25)38-15-28-8-17(9-28)10-28/h2-3,6-7,13-14,17,27,40H,4-5,8-10,15H2,1H3,(H,37,38)/t17?,27-,28?/m0/s1. The van der Waals surface area contributed by atoms with Crippen molar-refractivity contribution in [3.05, 3.63) is 70.7 Å². The molecule has 3 heterocycles. The van der Waals surface area contributed by atoms with Crippen molar-refractivity contribution in [2.45, 2.75) is 56.8 Å². The van der Waals surface area contributed by atoms with E-state index in [0.717, 1.165) is 35.9 Å². The zero-order valence-electron chi connectivity index (χ0n) is 23.0. The number of nitriles is 2. The van der Waals surface area contributed by atoms with Gasteiger partial charge in [0.15, 0.2) is 5.54 Å². The number of benzene rings is 1. The van der Waals surface area contributed by atoms with Gasteiger partial charge in [0.2, 0.25) is 5.95 Å². The number of pyridine rings is 2. The van der Waals surface area contributed by atoms with E-state index in [1.165, 1.54) is 18.5 Å². The van der Waals surface area contributed by atoms with Gasteiger partial charge in [-0.25, -0.2) is 9.67 Å². The van der Waals surface area contributed by atoms with Crippen molar-refractivity contribution >= 4 is 22.3 Å². The fourth-order valence-corrected chi connectivity index (χ4v) is 6.60. The van der Waals surface area contributed by atoms with Crippen molar-refractivity contribution in [3.63, 3.8) is 0 Å². The lowest BCUT2D eigenvalue weighted by molar-refractivity contribution is -0.182. The second kappa shape index (κ2) is 9.36. The average Bonchev–Trinajstić information content (AvgIpc) is 3.61. The van der Waals surface area contributed by atoms with Gasteiger partial charge >= 0.3 is 6.18 Å². The van der Waals surface area contributed by atoms with Crippen LogP contribution in [0.15, 0.2) is 36.7 Å². The molecule has 0 saturated heterocycles. The summed E-state index contributed by atoms with van der Waals surface area (Å²) in [4.78, 5) is 8.30. The minimum atomic E-state index is -4.50. The Bertz CT molecular complexity index is 1850. The first-order valence-corrected chi connectivity index (χ1v) is 13.9. The zero-order chi connectivity index (χ0) is 30.1. The van der Waals surface area contributed by atoms with Gasteiger partial charge < -0.3 is 10.6 Å². The second-order valence-electron chi connectivity index (χ2n) is 12.0. The number of fused-ring (bicyclic) bond motifs is 1. The van der Waals surface area contributed by atoms with Crippen LogP contribution in [0.25, 0.3) is 10.9 Å². The Balaban J connectivity index is 1.31. The summed E-state index contributed by atoms with van der Waals surface area (Å²) >= 11 is 0. The molecular formula is C30H25F4N9. The molecule has 9 nitrogen and oxygen atoms in total. The van der Waals surface area contributed by atoms with Crippen LogP contribution >= 0.6 is 0 Å². The highest BCUT2D eigenvalue weighted by Crippen LogP contribution is 2.64. The van der Waals surface area contributed by atoms with E-state index in [9.17, 15) is 28.1 Å². The van der Waals surface area contributed by atoms with Crippen LogP contribution < -0.4 is 10.6 Å².